The zero-order valence-corrected chi connectivity index (χ0v) is 10.4. The number of carbonyl (C=O) groups excluding carboxylic acids is 1. The zero-order valence-electron chi connectivity index (χ0n) is 10.4. The average molecular weight is 246 g/mol. The van der Waals surface area contributed by atoms with E-state index in [0.29, 0.717) is 12.1 Å². The van der Waals surface area contributed by atoms with Crippen molar-refractivity contribution in [1.82, 2.24) is 10.8 Å². The van der Waals surface area contributed by atoms with Crippen LogP contribution in [0, 0.1) is 0 Å². The molecule has 0 fully saturated rings. The van der Waals surface area contributed by atoms with Crippen molar-refractivity contribution < 1.29 is 10.0 Å². The van der Waals surface area contributed by atoms with Crippen molar-refractivity contribution in [3.05, 3.63) is 59.8 Å². The molecule has 0 unspecified atom stereocenters. The first-order chi connectivity index (χ1) is 8.71. The van der Waals surface area contributed by atoms with Crippen molar-refractivity contribution >= 4 is 5.91 Å². The number of rotatable bonds is 6. The van der Waals surface area contributed by atoms with Gasteiger partial charge in [0, 0.05) is 17.8 Å². The SMILES string of the molecule is C=C/C=C(\CC)NCc1ccc(C(=O)NO)cc1. The summed E-state index contributed by atoms with van der Waals surface area (Å²) < 4.78 is 0. The standard InChI is InChI=1S/C14H18N2O2/c1-3-5-13(4-2)15-10-11-6-8-12(9-7-11)14(17)16-18/h3,5-9,15,18H,1,4,10H2,2H3,(H,16,17)/b13-5+. The van der Waals surface area contributed by atoms with Gasteiger partial charge < -0.3 is 5.32 Å². The van der Waals surface area contributed by atoms with Gasteiger partial charge in [-0.3, -0.25) is 10.0 Å². The number of hydroxylamine groups is 1. The lowest BCUT2D eigenvalue weighted by atomic mass is 10.1. The molecule has 0 saturated carbocycles. The summed E-state index contributed by atoms with van der Waals surface area (Å²) in [7, 11) is 0. The van der Waals surface area contributed by atoms with Gasteiger partial charge in [-0.1, -0.05) is 31.7 Å². The van der Waals surface area contributed by atoms with Gasteiger partial charge in [0.15, 0.2) is 0 Å². The predicted molar refractivity (Wildman–Crippen MR) is 71.1 cm³/mol. The molecule has 0 saturated heterocycles. The molecule has 0 aliphatic rings. The molecule has 0 atom stereocenters. The van der Waals surface area contributed by atoms with Crippen LogP contribution in [0.5, 0.6) is 0 Å². The predicted octanol–water partition coefficient (Wildman–Crippen LogP) is 2.38. The molecule has 0 bridgehead atoms. The quantitative estimate of drug-likeness (QED) is 0.410. The Hall–Kier alpha value is -2.07. The number of amides is 1. The van der Waals surface area contributed by atoms with Gasteiger partial charge in [0.05, 0.1) is 0 Å². The third-order valence-electron chi connectivity index (χ3n) is 2.54. The van der Waals surface area contributed by atoms with Crippen LogP contribution in [0.4, 0.5) is 0 Å². The van der Waals surface area contributed by atoms with Crippen molar-refractivity contribution in [1.29, 1.82) is 0 Å². The van der Waals surface area contributed by atoms with Crippen molar-refractivity contribution in [2.24, 2.45) is 0 Å². The van der Waals surface area contributed by atoms with Gasteiger partial charge in [0.2, 0.25) is 0 Å². The monoisotopic (exact) mass is 246 g/mol. The van der Waals surface area contributed by atoms with E-state index in [0.717, 1.165) is 17.7 Å². The van der Waals surface area contributed by atoms with E-state index in [1.807, 2.05) is 18.2 Å². The zero-order chi connectivity index (χ0) is 13.4. The lowest BCUT2D eigenvalue weighted by Gasteiger charge is -2.09. The summed E-state index contributed by atoms with van der Waals surface area (Å²) in [6, 6.07) is 7.04. The Balaban J connectivity index is 2.61. The lowest BCUT2D eigenvalue weighted by Crippen LogP contribution is -2.18. The summed E-state index contributed by atoms with van der Waals surface area (Å²) in [6.07, 6.45) is 4.60. The van der Waals surface area contributed by atoms with Crippen molar-refractivity contribution in [3.63, 3.8) is 0 Å². The van der Waals surface area contributed by atoms with E-state index < -0.39 is 5.91 Å². The van der Waals surface area contributed by atoms with Crippen molar-refractivity contribution in [2.45, 2.75) is 19.9 Å². The van der Waals surface area contributed by atoms with Crippen molar-refractivity contribution in [3.8, 4) is 0 Å². The molecule has 0 radical (unpaired) electrons. The number of nitrogens with one attached hydrogen (secondary N) is 2. The van der Waals surface area contributed by atoms with Crippen LogP contribution in [-0.4, -0.2) is 11.1 Å². The number of hydrogen-bond donors (Lipinski definition) is 3. The summed E-state index contributed by atoms with van der Waals surface area (Å²) in [6.45, 7) is 6.41. The smallest absolute Gasteiger partial charge is 0.274 e. The second-order valence-electron chi connectivity index (χ2n) is 3.77. The highest BCUT2D eigenvalue weighted by atomic mass is 16.5. The van der Waals surface area contributed by atoms with Crippen molar-refractivity contribution in [2.75, 3.05) is 0 Å². The van der Waals surface area contributed by atoms with E-state index >= 15 is 0 Å². The third-order valence-corrected chi connectivity index (χ3v) is 2.54. The maximum atomic E-state index is 11.1. The minimum Gasteiger partial charge on any atom is -0.384 e. The molecule has 4 nitrogen and oxygen atoms in total. The maximum Gasteiger partial charge on any atom is 0.274 e. The number of hydrogen-bond acceptors (Lipinski definition) is 3. The van der Waals surface area contributed by atoms with Crippen LogP contribution in [0.15, 0.2) is 48.7 Å². The Morgan fingerprint density at radius 2 is 2.06 bits per heavy atom. The third kappa shape index (κ3) is 4.07. The molecule has 1 rings (SSSR count). The van der Waals surface area contributed by atoms with Crippen LogP contribution < -0.4 is 10.8 Å². The molecule has 1 amide bonds. The van der Waals surface area contributed by atoms with E-state index in [2.05, 4.69) is 18.8 Å². The Morgan fingerprint density at radius 3 is 2.56 bits per heavy atom. The van der Waals surface area contributed by atoms with Gasteiger partial charge in [-0.05, 0) is 30.2 Å². The fourth-order valence-electron chi connectivity index (χ4n) is 1.50. The normalized spacial score (nSPS) is 10.9. The number of allylic oxidation sites excluding steroid dienone is 3. The molecular weight excluding hydrogens is 228 g/mol. The molecule has 4 heteroatoms. The fraction of sp³-hybridized carbons (Fsp3) is 0.214. The Morgan fingerprint density at radius 1 is 1.39 bits per heavy atom. The van der Waals surface area contributed by atoms with Crippen LogP contribution in [-0.2, 0) is 6.54 Å². The molecule has 1 aromatic carbocycles. The summed E-state index contributed by atoms with van der Waals surface area (Å²) in [5.74, 6) is -0.504. The van der Waals surface area contributed by atoms with E-state index in [-0.39, 0.29) is 0 Å². The van der Waals surface area contributed by atoms with Crippen LogP contribution in [0.25, 0.3) is 0 Å². The van der Waals surface area contributed by atoms with Gasteiger partial charge in [-0.25, -0.2) is 5.48 Å². The second-order valence-corrected chi connectivity index (χ2v) is 3.77. The van der Waals surface area contributed by atoms with E-state index in [1.165, 1.54) is 0 Å². The highest BCUT2D eigenvalue weighted by Crippen LogP contribution is 2.06. The topological polar surface area (TPSA) is 61.4 Å². The molecule has 0 heterocycles. The largest absolute Gasteiger partial charge is 0.384 e. The van der Waals surface area contributed by atoms with E-state index in [1.54, 1.807) is 23.7 Å². The van der Waals surface area contributed by atoms with Gasteiger partial charge in [0.25, 0.3) is 5.91 Å². The molecule has 96 valence electrons. The molecule has 0 aliphatic heterocycles. The first-order valence-electron chi connectivity index (χ1n) is 5.80. The van der Waals surface area contributed by atoms with Gasteiger partial charge in [-0.2, -0.15) is 0 Å². The maximum absolute atomic E-state index is 11.1. The van der Waals surface area contributed by atoms with Gasteiger partial charge in [-0.15, -0.1) is 0 Å². The fourth-order valence-corrected chi connectivity index (χ4v) is 1.50. The molecule has 0 aliphatic carbocycles. The summed E-state index contributed by atoms with van der Waals surface area (Å²) >= 11 is 0. The summed E-state index contributed by atoms with van der Waals surface area (Å²) in [5, 5.41) is 11.8. The van der Waals surface area contributed by atoms with Crippen LogP contribution in [0.1, 0.15) is 29.3 Å². The lowest BCUT2D eigenvalue weighted by molar-refractivity contribution is 0.0706. The minimum absolute atomic E-state index is 0.429. The summed E-state index contributed by atoms with van der Waals surface area (Å²) in [4.78, 5) is 11.1. The molecule has 18 heavy (non-hydrogen) atoms. The van der Waals surface area contributed by atoms with Crippen LogP contribution >= 0.6 is 0 Å². The first-order valence-corrected chi connectivity index (χ1v) is 5.80. The average Bonchev–Trinajstić information content (AvgIpc) is 2.43. The molecule has 0 aromatic heterocycles. The number of benzene rings is 1. The molecular formula is C14H18N2O2. The molecule has 3 N–H and O–H groups in total. The van der Waals surface area contributed by atoms with Crippen LogP contribution in [0.2, 0.25) is 0 Å². The highest BCUT2D eigenvalue weighted by molar-refractivity contribution is 5.93. The molecule has 1 aromatic rings. The van der Waals surface area contributed by atoms with E-state index in [4.69, 9.17) is 5.21 Å². The Kier molecular flexibility index (Phi) is 5.67. The van der Waals surface area contributed by atoms with E-state index in [9.17, 15) is 4.79 Å². The second kappa shape index (κ2) is 7.29. The Labute approximate surface area is 107 Å². The van der Waals surface area contributed by atoms with Gasteiger partial charge >= 0.3 is 0 Å². The highest BCUT2D eigenvalue weighted by Gasteiger charge is 2.03. The number of carbonyl (C=O) groups is 1. The first kappa shape index (κ1) is 14.0. The molecule has 0 spiro atoms. The van der Waals surface area contributed by atoms with Gasteiger partial charge in [0.1, 0.15) is 0 Å². The van der Waals surface area contributed by atoms with Crippen LogP contribution in [0.3, 0.4) is 0 Å². The minimum atomic E-state index is -0.504. The summed E-state index contributed by atoms with van der Waals surface area (Å²) in [5.41, 5.74) is 4.21. The Bertz CT molecular complexity index is 436.